The molecule has 26 heavy (non-hydrogen) atoms. The van der Waals surface area contributed by atoms with Gasteiger partial charge in [-0.15, -0.1) is 36.3 Å². The van der Waals surface area contributed by atoms with Crippen molar-refractivity contribution >= 4 is 46.2 Å². The highest BCUT2D eigenvalue weighted by Crippen LogP contribution is 2.40. The van der Waals surface area contributed by atoms with E-state index in [4.69, 9.17) is 0 Å². The lowest BCUT2D eigenvalue weighted by Gasteiger charge is -2.16. The highest BCUT2D eigenvalue weighted by molar-refractivity contribution is 8.04. The lowest BCUT2D eigenvalue weighted by atomic mass is 10.2. The van der Waals surface area contributed by atoms with E-state index in [0.29, 0.717) is 21.1 Å². The van der Waals surface area contributed by atoms with Crippen LogP contribution >= 0.6 is 23.1 Å². The number of anilines is 1. The zero-order valence-electron chi connectivity index (χ0n) is 13.4. The summed E-state index contributed by atoms with van der Waals surface area (Å²) in [5, 5.41) is 1.81. The minimum atomic E-state index is -4.81. The molecule has 2 aromatic rings. The number of hydrogen-bond donors (Lipinski definition) is 0. The second-order valence-electron chi connectivity index (χ2n) is 5.10. The zero-order chi connectivity index (χ0) is 18.9. The van der Waals surface area contributed by atoms with Crippen molar-refractivity contribution in [2.75, 3.05) is 10.7 Å². The van der Waals surface area contributed by atoms with E-state index in [1.807, 2.05) is 6.92 Å². The Morgan fingerprint density at radius 1 is 1.12 bits per heavy atom. The standard InChI is InChI=1S/C17H12F3NO3S2/c1-2-25-14-13(12-4-3-9-26-12)15(22)21(16(14)23)10-5-7-11(8-6-10)24-17(18,19)20/h3-9H,2H2,1H3. The Kier molecular flexibility index (Phi) is 5.10. The van der Waals surface area contributed by atoms with Gasteiger partial charge in [0.05, 0.1) is 16.2 Å². The van der Waals surface area contributed by atoms with Crippen LogP contribution in [-0.2, 0) is 9.59 Å². The number of alkyl halides is 3. The number of carbonyl (C=O) groups excluding carboxylic acids is 2. The van der Waals surface area contributed by atoms with Crippen molar-refractivity contribution in [2.45, 2.75) is 13.3 Å². The fourth-order valence-electron chi connectivity index (χ4n) is 2.46. The Labute approximate surface area is 155 Å². The van der Waals surface area contributed by atoms with E-state index in [1.165, 1.54) is 35.2 Å². The van der Waals surface area contributed by atoms with Gasteiger partial charge in [-0.05, 0) is 41.5 Å². The monoisotopic (exact) mass is 399 g/mol. The van der Waals surface area contributed by atoms with Crippen LogP contribution in [0.25, 0.3) is 5.57 Å². The molecule has 0 saturated heterocycles. The van der Waals surface area contributed by atoms with Gasteiger partial charge in [-0.1, -0.05) is 13.0 Å². The van der Waals surface area contributed by atoms with Crippen molar-refractivity contribution in [3.8, 4) is 5.75 Å². The Hall–Kier alpha value is -2.26. The maximum atomic E-state index is 12.8. The zero-order valence-corrected chi connectivity index (χ0v) is 15.0. The number of ether oxygens (including phenoxy) is 1. The third-order valence-electron chi connectivity index (χ3n) is 3.43. The smallest absolute Gasteiger partial charge is 0.406 e. The first kappa shape index (κ1) is 18.5. The molecule has 136 valence electrons. The summed E-state index contributed by atoms with van der Waals surface area (Å²) in [6, 6.07) is 8.18. The van der Waals surface area contributed by atoms with Crippen LogP contribution in [0.2, 0.25) is 0 Å². The summed E-state index contributed by atoms with van der Waals surface area (Å²) < 4.78 is 40.6. The molecule has 3 rings (SSSR count). The predicted molar refractivity (Wildman–Crippen MR) is 95.0 cm³/mol. The third-order valence-corrected chi connectivity index (χ3v) is 5.27. The minimum absolute atomic E-state index is 0.190. The second kappa shape index (κ2) is 7.16. The number of carbonyl (C=O) groups is 2. The van der Waals surface area contributed by atoms with Crippen molar-refractivity contribution in [1.82, 2.24) is 0 Å². The summed E-state index contributed by atoms with van der Waals surface area (Å²) in [5.41, 5.74) is 0.516. The summed E-state index contributed by atoms with van der Waals surface area (Å²) in [6.45, 7) is 1.87. The average molecular weight is 399 g/mol. The molecule has 1 aromatic heterocycles. The first-order chi connectivity index (χ1) is 12.3. The van der Waals surface area contributed by atoms with Crippen LogP contribution in [0, 0.1) is 0 Å². The van der Waals surface area contributed by atoms with Gasteiger partial charge in [-0.25, -0.2) is 4.90 Å². The van der Waals surface area contributed by atoms with Crippen LogP contribution in [0.3, 0.4) is 0 Å². The first-order valence-corrected chi connectivity index (χ1v) is 9.34. The molecule has 0 N–H and O–H groups in total. The number of thioether (sulfide) groups is 1. The summed E-state index contributed by atoms with van der Waals surface area (Å²) in [6.07, 6.45) is -4.81. The Morgan fingerprint density at radius 2 is 1.81 bits per heavy atom. The molecular weight excluding hydrogens is 387 g/mol. The van der Waals surface area contributed by atoms with Gasteiger partial charge in [0, 0.05) is 4.88 Å². The quantitative estimate of drug-likeness (QED) is 0.685. The molecule has 4 nitrogen and oxygen atoms in total. The third kappa shape index (κ3) is 3.63. The van der Waals surface area contributed by atoms with E-state index in [-0.39, 0.29) is 5.69 Å². The predicted octanol–water partition coefficient (Wildman–Crippen LogP) is 4.68. The molecule has 1 aliphatic heterocycles. The summed E-state index contributed by atoms with van der Waals surface area (Å²) in [7, 11) is 0. The summed E-state index contributed by atoms with van der Waals surface area (Å²) in [4.78, 5) is 27.6. The Balaban J connectivity index is 1.93. The molecule has 2 amide bonds. The SMILES string of the molecule is CCSC1=C(c2cccs2)C(=O)N(c2ccc(OC(F)(F)F)cc2)C1=O. The molecule has 0 radical (unpaired) electrons. The van der Waals surface area contributed by atoms with Crippen molar-refractivity contribution < 1.29 is 27.5 Å². The number of rotatable bonds is 5. The Morgan fingerprint density at radius 3 is 2.35 bits per heavy atom. The lowest BCUT2D eigenvalue weighted by molar-refractivity contribution is -0.274. The largest absolute Gasteiger partial charge is 0.573 e. The highest BCUT2D eigenvalue weighted by Gasteiger charge is 2.40. The molecule has 1 aliphatic rings. The number of hydrogen-bond acceptors (Lipinski definition) is 5. The van der Waals surface area contributed by atoms with Gasteiger partial charge in [0.15, 0.2) is 0 Å². The number of nitrogens with zero attached hydrogens (tertiary/aromatic N) is 1. The van der Waals surface area contributed by atoms with Gasteiger partial charge in [-0.2, -0.15) is 0 Å². The first-order valence-electron chi connectivity index (χ1n) is 7.47. The Bertz CT molecular complexity index is 858. The molecule has 2 heterocycles. The number of benzene rings is 1. The van der Waals surface area contributed by atoms with E-state index in [1.54, 1.807) is 17.5 Å². The minimum Gasteiger partial charge on any atom is -0.406 e. The van der Waals surface area contributed by atoms with Gasteiger partial charge in [0.25, 0.3) is 11.8 Å². The van der Waals surface area contributed by atoms with E-state index < -0.39 is 23.9 Å². The number of thiophene rings is 1. The van der Waals surface area contributed by atoms with Crippen LogP contribution in [0.1, 0.15) is 11.8 Å². The van der Waals surface area contributed by atoms with Crippen LogP contribution < -0.4 is 9.64 Å². The maximum Gasteiger partial charge on any atom is 0.573 e. The van der Waals surface area contributed by atoms with Gasteiger partial charge in [-0.3, -0.25) is 9.59 Å². The van der Waals surface area contributed by atoms with Crippen molar-refractivity contribution in [3.63, 3.8) is 0 Å². The van der Waals surface area contributed by atoms with Gasteiger partial charge >= 0.3 is 6.36 Å². The van der Waals surface area contributed by atoms with Gasteiger partial charge in [0.2, 0.25) is 0 Å². The normalized spacial score (nSPS) is 15.2. The van der Waals surface area contributed by atoms with Crippen LogP contribution in [0.4, 0.5) is 18.9 Å². The molecule has 9 heteroatoms. The van der Waals surface area contributed by atoms with Gasteiger partial charge < -0.3 is 4.74 Å². The van der Waals surface area contributed by atoms with E-state index in [2.05, 4.69) is 4.74 Å². The average Bonchev–Trinajstić information content (AvgIpc) is 3.15. The number of imide groups is 1. The number of amides is 2. The molecule has 0 atom stereocenters. The van der Waals surface area contributed by atoms with Gasteiger partial charge in [0.1, 0.15) is 5.75 Å². The molecule has 0 aliphatic carbocycles. The van der Waals surface area contributed by atoms with Crippen molar-refractivity contribution in [2.24, 2.45) is 0 Å². The molecular formula is C17H12F3NO3S2. The maximum absolute atomic E-state index is 12.8. The fourth-order valence-corrected chi connectivity index (χ4v) is 4.14. The second-order valence-corrected chi connectivity index (χ2v) is 7.32. The summed E-state index contributed by atoms with van der Waals surface area (Å²) >= 11 is 2.61. The van der Waals surface area contributed by atoms with Crippen molar-refractivity contribution in [3.05, 3.63) is 51.6 Å². The number of halogens is 3. The van der Waals surface area contributed by atoms with Crippen LogP contribution in [-0.4, -0.2) is 23.9 Å². The molecule has 0 spiro atoms. The van der Waals surface area contributed by atoms with Crippen LogP contribution in [0.5, 0.6) is 5.75 Å². The van der Waals surface area contributed by atoms with E-state index in [9.17, 15) is 22.8 Å². The lowest BCUT2D eigenvalue weighted by Crippen LogP contribution is -2.31. The van der Waals surface area contributed by atoms with E-state index in [0.717, 1.165) is 17.0 Å². The van der Waals surface area contributed by atoms with E-state index >= 15 is 0 Å². The molecule has 1 aromatic carbocycles. The molecule has 0 unspecified atom stereocenters. The summed E-state index contributed by atoms with van der Waals surface area (Å²) in [5.74, 6) is -0.780. The molecule has 0 saturated carbocycles. The fraction of sp³-hybridized carbons (Fsp3) is 0.176. The van der Waals surface area contributed by atoms with Crippen molar-refractivity contribution in [1.29, 1.82) is 0 Å². The topological polar surface area (TPSA) is 46.6 Å². The molecule has 0 fully saturated rings. The van der Waals surface area contributed by atoms with Crippen LogP contribution in [0.15, 0.2) is 46.7 Å². The highest BCUT2D eigenvalue weighted by atomic mass is 32.2. The molecule has 0 bridgehead atoms.